The number of hydrogen-bond donors (Lipinski definition) is 1. The largest absolute Gasteiger partial charge is 0.487 e. The molecule has 0 saturated carbocycles. The fourth-order valence-corrected chi connectivity index (χ4v) is 2.68. The molecule has 5 heteroatoms. The molecule has 2 aromatic carbocycles. The number of halogens is 1. The van der Waals surface area contributed by atoms with Crippen molar-refractivity contribution in [3.63, 3.8) is 0 Å². The Balaban J connectivity index is 1.73. The SMILES string of the molecule is CC1(C)CC(=O)c2cc(C(=O)NCc3ccc(F)cc3)ccc2O1. The molecule has 0 spiro atoms. The van der Waals surface area contributed by atoms with Crippen molar-refractivity contribution in [2.24, 2.45) is 0 Å². The van der Waals surface area contributed by atoms with Crippen LogP contribution in [0.1, 0.15) is 46.5 Å². The van der Waals surface area contributed by atoms with Gasteiger partial charge in [-0.15, -0.1) is 0 Å². The molecule has 3 rings (SSSR count). The lowest BCUT2D eigenvalue weighted by Crippen LogP contribution is -2.36. The molecule has 0 atom stereocenters. The van der Waals surface area contributed by atoms with Crippen LogP contribution in [0.4, 0.5) is 4.39 Å². The van der Waals surface area contributed by atoms with Gasteiger partial charge in [-0.05, 0) is 49.7 Å². The highest BCUT2D eigenvalue weighted by molar-refractivity contribution is 6.03. The van der Waals surface area contributed by atoms with E-state index in [2.05, 4.69) is 5.32 Å². The highest BCUT2D eigenvalue weighted by Gasteiger charge is 2.32. The molecule has 1 heterocycles. The first kappa shape index (κ1) is 16.2. The van der Waals surface area contributed by atoms with E-state index in [0.29, 0.717) is 16.9 Å². The topological polar surface area (TPSA) is 55.4 Å². The number of Topliss-reactive ketones (excluding diaryl/α,β-unsaturated/α-hetero) is 1. The molecule has 24 heavy (non-hydrogen) atoms. The van der Waals surface area contributed by atoms with Gasteiger partial charge in [0.15, 0.2) is 5.78 Å². The fourth-order valence-electron chi connectivity index (χ4n) is 2.68. The highest BCUT2D eigenvalue weighted by Crippen LogP contribution is 2.33. The Bertz CT molecular complexity index is 797. The Morgan fingerprint density at radius 3 is 2.62 bits per heavy atom. The number of rotatable bonds is 3. The second-order valence-corrected chi connectivity index (χ2v) is 6.48. The van der Waals surface area contributed by atoms with Crippen LogP contribution in [0.3, 0.4) is 0 Å². The van der Waals surface area contributed by atoms with Crippen LogP contribution in [0.25, 0.3) is 0 Å². The molecule has 1 aliphatic heterocycles. The molecule has 2 aromatic rings. The Morgan fingerprint density at radius 2 is 1.92 bits per heavy atom. The maximum Gasteiger partial charge on any atom is 0.251 e. The first-order valence-corrected chi connectivity index (χ1v) is 7.73. The third-order valence-electron chi connectivity index (χ3n) is 3.88. The van der Waals surface area contributed by atoms with Crippen LogP contribution < -0.4 is 10.1 Å². The van der Waals surface area contributed by atoms with Gasteiger partial charge in [-0.1, -0.05) is 12.1 Å². The van der Waals surface area contributed by atoms with Crippen LogP contribution in [0.15, 0.2) is 42.5 Å². The monoisotopic (exact) mass is 327 g/mol. The Morgan fingerprint density at radius 1 is 1.21 bits per heavy atom. The number of carbonyl (C=O) groups is 2. The van der Waals surface area contributed by atoms with Crippen molar-refractivity contribution in [1.29, 1.82) is 0 Å². The van der Waals surface area contributed by atoms with E-state index in [4.69, 9.17) is 4.74 Å². The van der Waals surface area contributed by atoms with Crippen molar-refractivity contribution in [2.75, 3.05) is 0 Å². The number of carbonyl (C=O) groups excluding carboxylic acids is 2. The average Bonchev–Trinajstić information content (AvgIpc) is 2.52. The van der Waals surface area contributed by atoms with Gasteiger partial charge in [-0.2, -0.15) is 0 Å². The number of nitrogens with one attached hydrogen (secondary N) is 1. The summed E-state index contributed by atoms with van der Waals surface area (Å²) in [6, 6.07) is 10.8. The summed E-state index contributed by atoms with van der Waals surface area (Å²) in [6.45, 7) is 4.00. The van der Waals surface area contributed by atoms with Gasteiger partial charge in [0.2, 0.25) is 0 Å². The predicted octanol–water partition coefficient (Wildman–Crippen LogP) is 3.50. The van der Waals surface area contributed by atoms with Gasteiger partial charge >= 0.3 is 0 Å². The van der Waals surface area contributed by atoms with Gasteiger partial charge in [0.05, 0.1) is 12.0 Å². The van der Waals surface area contributed by atoms with Crippen molar-refractivity contribution in [3.8, 4) is 5.75 Å². The molecular formula is C19H18FNO3. The van der Waals surface area contributed by atoms with Crippen LogP contribution in [0.5, 0.6) is 5.75 Å². The number of hydrogen-bond acceptors (Lipinski definition) is 3. The normalized spacial score (nSPS) is 15.4. The average molecular weight is 327 g/mol. The molecule has 1 aliphatic rings. The summed E-state index contributed by atoms with van der Waals surface area (Å²) in [7, 11) is 0. The van der Waals surface area contributed by atoms with Gasteiger partial charge in [0, 0.05) is 12.1 Å². The van der Waals surface area contributed by atoms with Crippen LogP contribution >= 0.6 is 0 Å². The van der Waals surface area contributed by atoms with E-state index in [-0.39, 0.29) is 30.5 Å². The molecule has 0 saturated heterocycles. The third-order valence-corrected chi connectivity index (χ3v) is 3.88. The number of ketones is 1. The van der Waals surface area contributed by atoms with Crippen molar-refractivity contribution in [3.05, 3.63) is 65.0 Å². The zero-order valence-electron chi connectivity index (χ0n) is 13.6. The summed E-state index contributed by atoms with van der Waals surface area (Å²) in [5.41, 5.74) is 1.09. The second-order valence-electron chi connectivity index (χ2n) is 6.48. The van der Waals surface area contributed by atoms with E-state index in [0.717, 1.165) is 5.56 Å². The van der Waals surface area contributed by atoms with Crippen molar-refractivity contribution in [2.45, 2.75) is 32.4 Å². The number of ether oxygens (including phenoxy) is 1. The Labute approximate surface area is 139 Å². The summed E-state index contributed by atoms with van der Waals surface area (Å²) >= 11 is 0. The summed E-state index contributed by atoms with van der Waals surface area (Å²) in [6.07, 6.45) is 0.278. The van der Waals surface area contributed by atoms with Gasteiger partial charge in [-0.3, -0.25) is 9.59 Å². The minimum absolute atomic E-state index is 0.0329. The third kappa shape index (κ3) is 3.45. The molecule has 1 amide bonds. The van der Waals surface area contributed by atoms with Gasteiger partial charge < -0.3 is 10.1 Å². The first-order valence-electron chi connectivity index (χ1n) is 7.73. The number of amides is 1. The van der Waals surface area contributed by atoms with E-state index < -0.39 is 5.60 Å². The molecular weight excluding hydrogens is 309 g/mol. The Hall–Kier alpha value is -2.69. The molecule has 0 radical (unpaired) electrons. The van der Waals surface area contributed by atoms with Crippen LogP contribution in [-0.4, -0.2) is 17.3 Å². The van der Waals surface area contributed by atoms with E-state index in [9.17, 15) is 14.0 Å². The van der Waals surface area contributed by atoms with Crippen molar-refractivity contribution < 1.29 is 18.7 Å². The molecule has 0 bridgehead atoms. The number of benzene rings is 2. The maximum absolute atomic E-state index is 12.9. The van der Waals surface area contributed by atoms with Crippen molar-refractivity contribution >= 4 is 11.7 Å². The summed E-state index contributed by atoms with van der Waals surface area (Å²) in [4.78, 5) is 24.5. The smallest absolute Gasteiger partial charge is 0.251 e. The lowest BCUT2D eigenvalue weighted by molar-refractivity contribution is 0.0620. The standard InChI is InChI=1S/C19H18FNO3/c1-19(2)10-16(22)15-9-13(5-8-17(15)24-19)18(23)21-11-12-3-6-14(20)7-4-12/h3-9H,10-11H2,1-2H3,(H,21,23). The predicted molar refractivity (Wildman–Crippen MR) is 87.7 cm³/mol. The molecule has 0 fully saturated rings. The zero-order chi connectivity index (χ0) is 17.3. The quantitative estimate of drug-likeness (QED) is 0.939. The lowest BCUT2D eigenvalue weighted by Gasteiger charge is -2.31. The van der Waals surface area contributed by atoms with E-state index in [1.165, 1.54) is 12.1 Å². The minimum Gasteiger partial charge on any atom is -0.487 e. The molecule has 0 aliphatic carbocycles. The van der Waals surface area contributed by atoms with Crippen LogP contribution in [0.2, 0.25) is 0 Å². The van der Waals surface area contributed by atoms with Gasteiger partial charge in [0.1, 0.15) is 17.2 Å². The second kappa shape index (κ2) is 6.07. The highest BCUT2D eigenvalue weighted by atomic mass is 19.1. The van der Waals surface area contributed by atoms with E-state index in [1.807, 2.05) is 13.8 Å². The molecule has 124 valence electrons. The molecule has 4 nitrogen and oxygen atoms in total. The zero-order valence-corrected chi connectivity index (χ0v) is 13.6. The first-order chi connectivity index (χ1) is 11.3. The van der Waals surface area contributed by atoms with Crippen LogP contribution in [-0.2, 0) is 6.54 Å². The van der Waals surface area contributed by atoms with Gasteiger partial charge in [0.25, 0.3) is 5.91 Å². The molecule has 0 aromatic heterocycles. The summed E-state index contributed by atoms with van der Waals surface area (Å²) in [5, 5.41) is 2.76. The fraction of sp³-hybridized carbons (Fsp3) is 0.263. The molecule has 1 N–H and O–H groups in total. The summed E-state index contributed by atoms with van der Waals surface area (Å²) < 4.78 is 18.6. The maximum atomic E-state index is 12.9. The lowest BCUT2D eigenvalue weighted by atomic mass is 9.92. The van der Waals surface area contributed by atoms with Crippen LogP contribution in [0, 0.1) is 5.82 Å². The van der Waals surface area contributed by atoms with Crippen molar-refractivity contribution in [1.82, 2.24) is 5.32 Å². The number of fused-ring (bicyclic) bond motifs is 1. The molecule has 0 unspecified atom stereocenters. The minimum atomic E-state index is -0.531. The van der Waals surface area contributed by atoms with E-state index in [1.54, 1.807) is 30.3 Å². The van der Waals surface area contributed by atoms with E-state index >= 15 is 0 Å². The van der Waals surface area contributed by atoms with Gasteiger partial charge in [-0.25, -0.2) is 4.39 Å². The summed E-state index contributed by atoms with van der Waals surface area (Å²) in [5.74, 6) is -0.137. The Kier molecular flexibility index (Phi) is 4.09.